The van der Waals surface area contributed by atoms with Crippen LogP contribution in [0.1, 0.15) is 33.1 Å². The summed E-state index contributed by atoms with van der Waals surface area (Å²) in [5.74, 6) is 4.05. The quantitative estimate of drug-likeness (QED) is 0.680. The molecule has 0 saturated heterocycles. The van der Waals surface area contributed by atoms with Gasteiger partial charge in [-0.25, -0.2) is 9.98 Å². The van der Waals surface area contributed by atoms with Crippen molar-refractivity contribution in [1.29, 1.82) is 0 Å². The third kappa shape index (κ3) is 1.95. The first kappa shape index (κ1) is 11.1. The normalized spacial score (nSPS) is 44.5. The van der Waals surface area contributed by atoms with Gasteiger partial charge in [0.15, 0.2) is 0 Å². The fourth-order valence-electron chi connectivity index (χ4n) is 3.11. The summed E-state index contributed by atoms with van der Waals surface area (Å²) in [6.45, 7) is 4.41. The third-order valence-corrected chi connectivity index (χ3v) is 4.17. The highest BCUT2D eigenvalue weighted by atomic mass is 15.1. The van der Waals surface area contributed by atoms with E-state index in [0.717, 1.165) is 24.5 Å². The fourth-order valence-corrected chi connectivity index (χ4v) is 3.11. The minimum absolute atomic E-state index is 0.0753. The van der Waals surface area contributed by atoms with Crippen LogP contribution in [0.2, 0.25) is 0 Å². The van der Waals surface area contributed by atoms with Gasteiger partial charge in [0.2, 0.25) is 0 Å². The van der Waals surface area contributed by atoms with Gasteiger partial charge in [0.05, 0.1) is 0 Å². The maximum atomic E-state index is 5.98. The average molecular weight is 232 g/mol. The van der Waals surface area contributed by atoms with Crippen molar-refractivity contribution in [3.05, 3.63) is 0 Å². The molecule has 3 rings (SSSR count). The van der Waals surface area contributed by atoms with Crippen LogP contribution in [0.5, 0.6) is 0 Å². The summed E-state index contributed by atoms with van der Waals surface area (Å²) in [6, 6.07) is 0. The van der Waals surface area contributed by atoms with Crippen molar-refractivity contribution in [2.24, 2.45) is 44.4 Å². The van der Waals surface area contributed by atoms with Crippen LogP contribution in [-0.2, 0) is 0 Å². The zero-order valence-corrected chi connectivity index (χ0v) is 10.5. The highest BCUT2D eigenvalue weighted by molar-refractivity contribution is 6.05. The van der Waals surface area contributed by atoms with E-state index in [1.165, 1.54) is 6.42 Å². The summed E-state index contributed by atoms with van der Waals surface area (Å²) in [5, 5.41) is 0. The molecule has 3 aliphatic rings. The van der Waals surface area contributed by atoms with Crippen LogP contribution in [-0.4, -0.2) is 24.1 Å². The standard InChI is InChI=1S/C13H20N4/c1-7-3-9-5-10-4-8(2)11(14)16-13(10)17-12(9)15-6-7/h6-11H,3-5,14H2,1-2H3. The zero-order chi connectivity index (χ0) is 12.0. The minimum atomic E-state index is -0.0753. The van der Waals surface area contributed by atoms with E-state index in [1.54, 1.807) is 0 Å². The van der Waals surface area contributed by atoms with Crippen molar-refractivity contribution in [2.75, 3.05) is 0 Å². The molecule has 0 radical (unpaired) electrons. The first-order valence-electron chi connectivity index (χ1n) is 6.59. The lowest BCUT2D eigenvalue weighted by molar-refractivity contribution is 0.328. The summed E-state index contributed by atoms with van der Waals surface area (Å²) < 4.78 is 0. The zero-order valence-electron chi connectivity index (χ0n) is 10.5. The van der Waals surface area contributed by atoms with Crippen molar-refractivity contribution in [1.82, 2.24) is 0 Å². The SMILES string of the molecule is CC1C=NC2=NC3=NC(N)C(C)CC3CC2C1. The predicted molar refractivity (Wildman–Crippen MR) is 70.5 cm³/mol. The number of nitrogens with two attached hydrogens (primary N) is 1. The molecular weight excluding hydrogens is 212 g/mol. The van der Waals surface area contributed by atoms with Gasteiger partial charge in [0.25, 0.3) is 0 Å². The second-order valence-corrected chi connectivity index (χ2v) is 5.78. The lowest BCUT2D eigenvalue weighted by atomic mass is 9.78. The molecule has 0 aromatic heterocycles. The second-order valence-electron chi connectivity index (χ2n) is 5.78. The van der Waals surface area contributed by atoms with E-state index in [1.807, 2.05) is 6.21 Å². The molecule has 3 aliphatic heterocycles. The molecule has 0 aromatic rings. The van der Waals surface area contributed by atoms with Crippen LogP contribution in [0, 0.1) is 23.7 Å². The van der Waals surface area contributed by atoms with Crippen LogP contribution in [0.15, 0.2) is 15.0 Å². The molecule has 17 heavy (non-hydrogen) atoms. The topological polar surface area (TPSA) is 63.1 Å². The Labute approximate surface area is 102 Å². The highest BCUT2D eigenvalue weighted by Crippen LogP contribution is 2.36. The van der Waals surface area contributed by atoms with Gasteiger partial charge in [-0.1, -0.05) is 13.8 Å². The van der Waals surface area contributed by atoms with Crippen molar-refractivity contribution in [3.63, 3.8) is 0 Å². The predicted octanol–water partition coefficient (Wildman–Crippen LogP) is 1.85. The Hall–Kier alpha value is -1.03. The molecule has 0 amide bonds. The van der Waals surface area contributed by atoms with Gasteiger partial charge in [-0.3, -0.25) is 4.99 Å². The molecule has 0 aromatic carbocycles. The van der Waals surface area contributed by atoms with Gasteiger partial charge >= 0.3 is 0 Å². The molecule has 5 unspecified atom stereocenters. The summed E-state index contributed by atoms with van der Waals surface area (Å²) in [6.07, 6.45) is 5.42. The Bertz CT molecular complexity index is 410. The van der Waals surface area contributed by atoms with Crippen molar-refractivity contribution in [2.45, 2.75) is 39.3 Å². The van der Waals surface area contributed by atoms with Gasteiger partial charge in [0, 0.05) is 18.1 Å². The number of fused-ring (bicyclic) bond motifs is 2. The highest BCUT2D eigenvalue weighted by Gasteiger charge is 2.36. The van der Waals surface area contributed by atoms with E-state index in [4.69, 9.17) is 5.73 Å². The van der Waals surface area contributed by atoms with Crippen LogP contribution in [0.25, 0.3) is 0 Å². The maximum Gasteiger partial charge on any atom is 0.133 e. The summed E-state index contributed by atoms with van der Waals surface area (Å²) in [5.41, 5.74) is 5.98. The van der Waals surface area contributed by atoms with E-state index in [9.17, 15) is 0 Å². The summed E-state index contributed by atoms with van der Waals surface area (Å²) >= 11 is 0. The Balaban J connectivity index is 1.92. The van der Waals surface area contributed by atoms with E-state index < -0.39 is 0 Å². The summed E-state index contributed by atoms with van der Waals surface area (Å²) in [7, 11) is 0. The molecule has 0 bridgehead atoms. The van der Waals surface area contributed by atoms with Gasteiger partial charge in [-0.05, 0) is 31.1 Å². The van der Waals surface area contributed by atoms with Crippen LogP contribution < -0.4 is 5.73 Å². The first-order valence-corrected chi connectivity index (χ1v) is 6.59. The Morgan fingerprint density at radius 1 is 1.12 bits per heavy atom. The van der Waals surface area contributed by atoms with E-state index in [-0.39, 0.29) is 6.17 Å². The number of nitrogens with zero attached hydrogens (tertiary/aromatic N) is 3. The molecule has 0 fully saturated rings. The molecule has 0 aliphatic carbocycles. The molecule has 0 saturated carbocycles. The molecule has 92 valence electrons. The van der Waals surface area contributed by atoms with Crippen LogP contribution in [0.3, 0.4) is 0 Å². The number of rotatable bonds is 0. The molecule has 4 heteroatoms. The molecule has 2 N–H and O–H groups in total. The number of amidine groups is 2. The lowest BCUT2D eigenvalue weighted by Gasteiger charge is -2.36. The number of aliphatic imine (C=N–C) groups is 3. The van der Waals surface area contributed by atoms with Crippen molar-refractivity contribution < 1.29 is 0 Å². The fraction of sp³-hybridized carbons (Fsp3) is 0.769. The smallest absolute Gasteiger partial charge is 0.133 e. The lowest BCUT2D eigenvalue weighted by Crippen LogP contribution is -2.40. The van der Waals surface area contributed by atoms with Gasteiger partial charge in [-0.2, -0.15) is 0 Å². The molecule has 3 heterocycles. The Morgan fingerprint density at radius 2 is 1.88 bits per heavy atom. The average Bonchev–Trinajstić information content (AvgIpc) is 2.28. The largest absolute Gasteiger partial charge is 0.309 e. The minimum Gasteiger partial charge on any atom is -0.309 e. The molecule has 0 spiro atoms. The summed E-state index contributed by atoms with van der Waals surface area (Å²) in [4.78, 5) is 13.6. The monoisotopic (exact) mass is 232 g/mol. The molecule has 5 atom stereocenters. The van der Waals surface area contributed by atoms with E-state index in [0.29, 0.717) is 23.7 Å². The van der Waals surface area contributed by atoms with Gasteiger partial charge in [-0.15, -0.1) is 0 Å². The van der Waals surface area contributed by atoms with Gasteiger partial charge < -0.3 is 5.73 Å². The third-order valence-electron chi connectivity index (χ3n) is 4.17. The van der Waals surface area contributed by atoms with E-state index in [2.05, 4.69) is 28.8 Å². The number of hydrogen-bond donors (Lipinski definition) is 1. The Morgan fingerprint density at radius 3 is 2.71 bits per heavy atom. The Kier molecular flexibility index (Phi) is 2.62. The van der Waals surface area contributed by atoms with Gasteiger partial charge in [0.1, 0.15) is 17.8 Å². The first-order chi connectivity index (χ1) is 8.13. The van der Waals surface area contributed by atoms with Crippen LogP contribution in [0.4, 0.5) is 0 Å². The van der Waals surface area contributed by atoms with Crippen molar-refractivity contribution in [3.8, 4) is 0 Å². The van der Waals surface area contributed by atoms with Crippen molar-refractivity contribution >= 4 is 17.9 Å². The van der Waals surface area contributed by atoms with Crippen LogP contribution >= 0.6 is 0 Å². The molecule has 4 nitrogen and oxygen atoms in total. The number of hydrogen-bond acceptors (Lipinski definition) is 4. The van der Waals surface area contributed by atoms with E-state index >= 15 is 0 Å². The molecular formula is C13H20N4. The maximum absolute atomic E-state index is 5.98. The second kappa shape index (κ2) is 4.02.